The molecule has 5 nitrogen and oxygen atoms in total. The maximum Gasteiger partial charge on any atom is 0.244 e. The first kappa shape index (κ1) is 17.8. The monoisotopic (exact) mass is 382 g/mol. The molecule has 0 spiro atoms. The van der Waals surface area contributed by atoms with Crippen molar-refractivity contribution in [2.45, 2.75) is 24.4 Å². The van der Waals surface area contributed by atoms with Gasteiger partial charge in [0.05, 0.1) is 18.0 Å². The quantitative estimate of drug-likeness (QED) is 0.693. The summed E-state index contributed by atoms with van der Waals surface area (Å²) in [6, 6.07) is 18.3. The number of methoxy groups -OCH3 is 1. The van der Waals surface area contributed by atoms with E-state index in [0.717, 1.165) is 16.8 Å². The molecule has 1 aliphatic rings. The Balaban J connectivity index is 1.80. The van der Waals surface area contributed by atoms with Gasteiger partial charge in [-0.25, -0.2) is 8.42 Å². The van der Waals surface area contributed by atoms with Crippen LogP contribution in [-0.4, -0.2) is 30.9 Å². The van der Waals surface area contributed by atoms with Crippen molar-refractivity contribution in [3.8, 4) is 5.75 Å². The molecule has 1 aromatic heterocycles. The Morgan fingerprint density at radius 2 is 1.67 bits per heavy atom. The number of rotatable bonds is 4. The molecule has 140 valence electrons. The molecule has 1 aliphatic heterocycles. The first-order valence-electron chi connectivity index (χ1n) is 8.88. The van der Waals surface area contributed by atoms with Gasteiger partial charge < -0.3 is 9.30 Å². The minimum atomic E-state index is -3.65. The average Bonchev–Trinajstić information content (AvgIpc) is 3.17. The smallest absolute Gasteiger partial charge is 0.244 e. The lowest BCUT2D eigenvalue weighted by Crippen LogP contribution is -2.42. The number of aryl methyl sites for hydroxylation is 1. The number of aromatic nitrogens is 1. The van der Waals surface area contributed by atoms with Gasteiger partial charge in [-0.05, 0) is 48.9 Å². The van der Waals surface area contributed by atoms with E-state index in [4.69, 9.17) is 4.74 Å². The van der Waals surface area contributed by atoms with Crippen molar-refractivity contribution in [3.63, 3.8) is 0 Å². The van der Waals surface area contributed by atoms with Crippen LogP contribution >= 0.6 is 0 Å². The summed E-state index contributed by atoms with van der Waals surface area (Å²) in [5.41, 5.74) is 3.11. The molecular formula is C21H22N2O3S. The van der Waals surface area contributed by atoms with Gasteiger partial charge in [0.2, 0.25) is 10.0 Å². The molecule has 0 saturated carbocycles. The molecule has 0 amide bonds. The van der Waals surface area contributed by atoms with Crippen LogP contribution in [0.4, 0.5) is 0 Å². The summed E-state index contributed by atoms with van der Waals surface area (Å²) in [5.74, 6) is 0.636. The van der Waals surface area contributed by atoms with E-state index >= 15 is 0 Å². The molecule has 0 bridgehead atoms. The van der Waals surface area contributed by atoms with Gasteiger partial charge in [0.1, 0.15) is 5.75 Å². The molecule has 27 heavy (non-hydrogen) atoms. The Morgan fingerprint density at radius 3 is 2.33 bits per heavy atom. The molecule has 2 heterocycles. The topological polar surface area (TPSA) is 51.5 Å². The van der Waals surface area contributed by atoms with Gasteiger partial charge in [0.15, 0.2) is 0 Å². The van der Waals surface area contributed by atoms with Gasteiger partial charge in [-0.1, -0.05) is 29.8 Å². The van der Waals surface area contributed by atoms with Gasteiger partial charge in [-0.15, -0.1) is 0 Å². The Bertz CT molecular complexity index is 1040. The van der Waals surface area contributed by atoms with Crippen molar-refractivity contribution < 1.29 is 13.2 Å². The zero-order valence-electron chi connectivity index (χ0n) is 15.4. The van der Waals surface area contributed by atoms with E-state index in [1.165, 1.54) is 0 Å². The maximum atomic E-state index is 13.4. The number of ether oxygens (including phenoxy) is 1. The molecule has 1 atom stereocenters. The fourth-order valence-corrected chi connectivity index (χ4v) is 5.17. The highest BCUT2D eigenvalue weighted by Crippen LogP contribution is 2.36. The van der Waals surface area contributed by atoms with Crippen LogP contribution in [-0.2, 0) is 16.6 Å². The van der Waals surface area contributed by atoms with Crippen molar-refractivity contribution in [3.05, 3.63) is 83.7 Å². The summed E-state index contributed by atoms with van der Waals surface area (Å²) < 4.78 is 35.8. The van der Waals surface area contributed by atoms with Crippen LogP contribution in [0, 0.1) is 6.92 Å². The van der Waals surface area contributed by atoms with Crippen LogP contribution < -0.4 is 4.74 Å². The largest absolute Gasteiger partial charge is 0.497 e. The average molecular weight is 382 g/mol. The Labute approximate surface area is 159 Å². The highest BCUT2D eigenvalue weighted by atomic mass is 32.2. The molecule has 3 aromatic rings. The third kappa shape index (κ3) is 3.15. The summed E-state index contributed by atoms with van der Waals surface area (Å²) in [6.07, 6.45) is 2.01. The SMILES string of the molecule is COc1ccc(S(=O)(=O)N2CCn3cccc3[C@@H]2c2ccc(C)cc2)cc1. The lowest BCUT2D eigenvalue weighted by atomic mass is 10.0. The zero-order chi connectivity index (χ0) is 19.0. The van der Waals surface area contributed by atoms with Gasteiger partial charge in [-0.2, -0.15) is 4.31 Å². The van der Waals surface area contributed by atoms with Gasteiger partial charge >= 0.3 is 0 Å². The molecule has 0 fully saturated rings. The van der Waals surface area contributed by atoms with Gasteiger partial charge in [-0.3, -0.25) is 0 Å². The lowest BCUT2D eigenvalue weighted by molar-refractivity contribution is 0.298. The number of benzene rings is 2. The van der Waals surface area contributed by atoms with Gasteiger partial charge in [0.25, 0.3) is 0 Å². The van der Waals surface area contributed by atoms with E-state index in [2.05, 4.69) is 4.57 Å². The molecule has 0 N–H and O–H groups in total. The molecule has 0 radical (unpaired) electrons. The number of fused-ring (bicyclic) bond motifs is 1. The second-order valence-corrected chi connectivity index (χ2v) is 8.62. The van der Waals surface area contributed by atoms with Crippen LogP contribution in [0.2, 0.25) is 0 Å². The van der Waals surface area contributed by atoms with Crippen LogP contribution in [0.25, 0.3) is 0 Å². The summed E-state index contributed by atoms with van der Waals surface area (Å²) in [4.78, 5) is 0.278. The first-order valence-corrected chi connectivity index (χ1v) is 10.3. The Hall–Kier alpha value is -2.57. The van der Waals surface area contributed by atoms with Crippen molar-refractivity contribution in [2.24, 2.45) is 0 Å². The Morgan fingerprint density at radius 1 is 0.963 bits per heavy atom. The molecule has 2 aromatic carbocycles. The fraction of sp³-hybridized carbons (Fsp3) is 0.238. The molecule has 0 unspecified atom stereocenters. The predicted octanol–water partition coefficient (Wildman–Crippen LogP) is 3.60. The normalized spacial score (nSPS) is 17.5. The van der Waals surface area contributed by atoms with E-state index in [1.807, 2.05) is 49.5 Å². The summed E-state index contributed by atoms with van der Waals surface area (Å²) in [7, 11) is -2.09. The van der Waals surface area contributed by atoms with Crippen molar-refractivity contribution in [1.82, 2.24) is 8.87 Å². The third-order valence-corrected chi connectivity index (χ3v) is 6.93. The summed E-state index contributed by atoms with van der Waals surface area (Å²) in [6.45, 7) is 3.09. The van der Waals surface area contributed by atoms with Crippen LogP contribution in [0.15, 0.2) is 71.8 Å². The van der Waals surface area contributed by atoms with E-state index in [1.54, 1.807) is 35.7 Å². The standard InChI is InChI=1S/C21H22N2O3S/c1-16-5-7-17(8-6-16)21-20-4-3-13-22(20)14-15-23(21)27(24,25)19-11-9-18(26-2)10-12-19/h3-13,21H,14-15H2,1-2H3/t21-/m0/s1. The van der Waals surface area contributed by atoms with E-state index in [9.17, 15) is 8.42 Å². The van der Waals surface area contributed by atoms with Crippen LogP contribution in [0.5, 0.6) is 5.75 Å². The molecule has 6 heteroatoms. The first-order chi connectivity index (χ1) is 13.0. The second-order valence-electron chi connectivity index (χ2n) is 6.73. The van der Waals surface area contributed by atoms with Crippen molar-refractivity contribution >= 4 is 10.0 Å². The number of nitrogens with zero attached hydrogens (tertiary/aromatic N) is 2. The highest BCUT2D eigenvalue weighted by Gasteiger charge is 2.37. The summed E-state index contributed by atoms with van der Waals surface area (Å²) in [5, 5.41) is 0. The van der Waals surface area contributed by atoms with E-state index in [0.29, 0.717) is 18.8 Å². The maximum absolute atomic E-state index is 13.4. The third-order valence-electron chi connectivity index (χ3n) is 5.05. The zero-order valence-corrected chi connectivity index (χ0v) is 16.2. The minimum Gasteiger partial charge on any atom is -0.497 e. The van der Waals surface area contributed by atoms with Crippen LogP contribution in [0.1, 0.15) is 22.9 Å². The predicted molar refractivity (Wildman–Crippen MR) is 104 cm³/mol. The molecule has 0 saturated heterocycles. The van der Waals surface area contributed by atoms with Crippen molar-refractivity contribution in [1.29, 1.82) is 0 Å². The minimum absolute atomic E-state index is 0.278. The van der Waals surface area contributed by atoms with Crippen LogP contribution in [0.3, 0.4) is 0 Å². The molecular weight excluding hydrogens is 360 g/mol. The highest BCUT2D eigenvalue weighted by molar-refractivity contribution is 7.89. The summed E-state index contributed by atoms with van der Waals surface area (Å²) >= 11 is 0. The van der Waals surface area contributed by atoms with E-state index < -0.39 is 10.0 Å². The Kier molecular flexibility index (Phi) is 4.53. The number of hydrogen-bond acceptors (Lipinski definition) is 3. The fourth-order valence-electron chi connectivity index (χ4n) is 3.59. The number of hydrogen-bond donors (Lipinski definition) is 0. The lowest BCUT2D eigenvalue weighted by Gasteiger charge is -2.36. The van der Waals surface area contributed by atoms with E-state index in [-0.39, 0.29) is 10.9 Å². The number of sulfonamides is 1. The van der Waals surface area contributed by atoms with Crippen molar-refractivity contribution in [2.75, 3.05) is 13.7 Å². The van der Waals surface area contributed by atoms with Gasteiger partial charge in [0, 0.05) is 25.0 Å². The second kappa shape index (κ2) is 6.87. The molecule has 0 aliphatic carbocycles. The molecule has 4 rings (SSSR count).